The number of hydrogen-bond donors (Lipinski definition) is 1. The molecule has 0 aliphatic heterocycles. The van der Waals surface area contributed by atoms with E-state index < -0.39 is 10.0 Å². The second kappa shape index (κ2) is 2.96. The third kappa shape index (κ3) is 1.54. The Labute approximate surface area is 79.9 Å². The number of nitrogens with two attached hydrogens (primary N) is 1. The van der Waals surface area contributed by atoms with Crippen molar-refractivity contribution in [2.24, 2.45) is 5.14 Å². The number of hydrogen-bond acceptors (Lipinski definition) is 5. The summed E-state index contributed by atoms with van der Waals surface area (Å²) in [5.41, 5.74) is 0.791. The Kier molecular flexibility index (Phi) is 1.90. The molecule has 2 aromatic heterocycles. The maximum atomic E-state index is 10.9. The maximum absolute atomic E-state index is 10.9. The van der Waals surface area contributed by atoms with Gasteiger partial charge in [-0.2, -0.15) is 0 Å². The molecule has 0 aliphatic rings. The molecule has 0 aliphatic carbocycles. The summed E-state index contributed by atoms with van der Waals surface area (Å²) < 4.78 is 21.9. The number of rotatable bonds is 1. The molecule has 0 fully saturated rings. The van der Waals surface area contributed by atoms with Crippen LogP contribution in [-0.2, 0) is 10.0 Å². The Balaban J connectivity index is 2.75. The second-order valence-corrected chi connectivity index (χ2v) is 4.10. The van der Waals surface area contributed by atoms with E-state index in [2.05, 4.69) is 15.0 Å². The van der Waals surface area contributed by atoms with Crippen molar-refractivity contribution >= 4 is 21.2 Å². The third-order valence-corrected chi connectivity index (χ3v) is 2.41. The van der Waals surface area contributed by atoms with Gasteiger partial charge in [0.15, 0.2) is 10.7 Å². The Morgan fingerprint density at radius 2 is 1.86 bits per heavy atom. The van der Waals surface area contributed by atoms with Gasteiger partial charge in [-0.25, -0.2) is 23.5 Å². The highest BCUT2D eigenvalue weighted by atomic mass is 32.2. The number of nitrogens with zero attached hydrogens (tertiary/aromatic N) is 3. The predicted octanol–water partition coefficient (Wildman–Crippen LogP) is -0.328. The fourth-order valence-electron chi connectivity index (χ4n) is 0.995. The van der Waals surface area contributed by atoms with Crippen LogP contribution in [0.15, 0.2) is 29.6 Å². The standard InChI is InChI=1S/C7H6N4O2S/c8-14(12,13)6-2-1-5-7(11-6)10-4-3-9-5/h1-4H,(H2,8,12,13). The van der Waals surface area contributed by atoms with E-state index in [4.69, 9.17) is 5.14 Å². The topological polar surface area (TPSA) is 98.8 Å². The van der Waals surface area contributed by atoms with Crippen LogP contribution in [0.1, 0.15) is 0 Å². The SMILES string of the molecule is NS(=O)(=O)c1ccc2nccnc2n1. The molecule has 14 heavy (non-hydrogen) atoms. The number of pyridine rings is 1. The van der Waals surface area contributed by atoms with E-state index in [1.54, 1.807) is 0 Å². The first-order valence-corrected chi connectivity index (χ1v) is 5.22. The Hall–Kier alpha value is -1.60. The summed E-state index contributed by atoms with van der Waals surface area (Å²) in [5, 5.41) is 4.71. The molecule has 0 saturated heterocycles. The van der Waals surface area contributed by atoms with Crippen molar-refractivity contribution in [1.29, 1.82) is 0 Å². The molecular formula is C7H6N4O2S. The minimum atomic E-state index is -3.77. The minimum absolute atomic E-state index is 0.203. The van der Waals surface area contributed by atoms with E-state index in [1.807, 2.05) is 0 Å². The zero-order chi connectivity index (χ0) is 10.2. The lowest BCUT2D eigenvalue weighted by Gasteiger charge is -1.98. The lowest BCUT2D eigenvalue weighted by Crippen LogP contribution is -2.14. The van der Waals surface area contributed by atoms with Crippen LogP contribution in [0.5, 0.6) is 0 Å². The zero-order valence-electron chi connectivity index (χ0n) is 6.95. The number of primary sulfonamides is 1. The molecule has 2 rings (SSSR count). The van der Waals surface area contributed by atoms with Crippen LogP contribution < -0.4 is 5.14 Å². The summed E-state index contributed by atoms with van der Waals surface area (Å²) in [7, 11) is -3.77. The predicted molar refractivity (Wildman–Crippen MR) is 48.7 cm³/mol. The highest BCUT2D eigenvalue weighted by Gasteiger charge is 2.10. The van der Waals surface area contributed by atoms with Crippen LogP contribution in [0, 0.1) is 0 Å². The number of sulfonamides is 1. The molecule has 0 bridgehead atoms. The lowest BCUT2D eigenvalue weighted by atomic mass is 10.4. The zero-order valence-corrected chi connectivity index (χ0v) is 7.77. The van der Waals surface area contributed by atoms with Crippen molar-refractivity contribution in [3.05, 3.63) is 24.5 Å². The molecule has 2 N–H and O–H groups in total. The molecular weight excluding hydrogens is 204 g/mol. The molecule has 0 spiro atoms. The Morgan fingerprint density at radius 3 is 2.57 bits per heavy atom. The van der Waals surface area contributed by atoms with Crippen LogP contribution >= 0.6 is 0 Å². The highest BCUT2D eigenvalue weighted by molar-refractivity contribution is 7.89. The van der Waals surface area contributed by atoms with E-state index in [0.29, 0.717) is 5.52 Å². The van der Waals surface area contributed by atoms with Crippen LogP contribution in [0.2, 0.25) is 0 Å². The van der Waals surface area contributed by atoms with Gasteiger partial charge in [-0.1, -0.05) is 0 Å². The van der Waals surface area contributed by atoms with Gasteiger partial charge in [-0.3, -0.25) is 4.98 Å². The van der Waals surface area contributed by atoms with E-state index in [-0.39, 0.29) is 10.7 Å². The van der Waals surface area contributed by atoms with Gasteiger partial charge in [0.1, 0.15) is 5.52 Å². The fraction of sp³-hybridized carbons (Fsp3) is 0. The van der Waals surface area contributed by atoms with E-state index in [0.717, 1.165) is 0 Å². The van der Waals surface area contributed by atoms with Crippen LogP contribution in [0.3, 0.4) is 0 Å². The summed E-state index contributed by atoms with van der Waals surface area (Å²) in [6.07, 6.45) is 2.93. The summed E-state index contributed by atoms with van der Waals surface area (Å²) in [6, 6.07) is 2.81. The van der Waals surface area contributed by atoms with Gasteiger partial charge in [0.25, 0.3) is 10.0 Å². The quantitative estimate of drug-likeness (QED) is 0.694. The first kappa shape index (κ1) is 8.97. The van der Waals surface area contributed by atoms with Crippen molar-refractivity contribution in [1.82, 2.24) is 15.0 Å². The summed E-state index contributed by atoms with van der Waals surface area (Å²) in [5.74, 6) is 0. The van der Waals surface area contributed by atoms with E-state index in [1.165, 1.54) is 24.5 Å². The summed E-state index contributed by atoms with van der Waals surface area (Å²) in [4.78, 5) is 11.6. The third-order valence-electron chi connectivity index (χ3n) is 1.60. The summed E-state index contributed by atoms with van der Waals surface area (Å²) in [6.45, 7) is 0. The number of fused-ring (bicyclic) bond motifs is 1. The van der Waals surface area contributed by atoms with Crippen LogP contribution in [0.25, 0.3) is 11.2 Å². The minimum Gasteiger partial charge on any atom is -0.251 e. The molecule has 0 aromatic carbocycles. The van der Waals surface area contributed by atoms with Crippen LogP contribution in [0.4, 0.5) is 0 Å². The van der Waals surface area contributed by atoms with Crippen LogP contribution in [-0.4, -0.2) is 23.4 Å². The maximum Gasteiger partial charge on any atom is 0.255 e. The lowest BCUT2D eigenvalue weighted by molar-refractivity contribution is 0.594. The Morgan fingerprint density at radius 1 is 1.14 bits per heavy atom. The molecule has 6 nitrogen and oxygen atoms in total. The normalized spacial score (nSPS) is 11.8. The highest BCUT2D eigenvalue weighted by Crippen LogP contribution is 2.08. The molecule has 2 heterocycles. The Bertz CT molecular complexity index is 581. The molecule has 0 saturated carbocycles. The van der Waals surface area contributed by atoms with Crippen molar-refractivity contribution in [2.45, 2.75) is 5.03 Å². The van der Waals surface area contributed by atoms with Crippen molar-refractivity contribution in [3.63, 3.8) is 0 Å². The molecule has 0 amide bonds. The van der Waals surface area contributed by atoms with Gasteiger partial charge in [0.05, 0.1) is 0 Å². The fourth-order valence-corrected chi connectivity index (χ4v) is 1.47. The first-order valence-electron chi connectivity index (χ1n) is 3.68. The molecule has 7 heteroatoms. The average molecular weight is 210 g/mol. The van der Waals surface area contributed by atoms with Gasteiger partial charge in [-0.15, -0.1) is 0 Å². The van der Waals surface area contributed by atoms with Gasteiger partial charge < -0.3 is 0 Å². The molecule has 2 aromatic rings. The van der Waals surface area contributed by atoms with Crippen molar-refractivity contribution in [3.8, 4) is 0 Å². The first-order chi connectivity index (χ1) is 6.57. The van der Waals surface area contributed by atoms with E-state index >= 15 is 0 Å². The monoisotopic (exact) mass is 210 g/mol. The summed E-state index contributed by atoms with van der Waals surface area (Å²) >= 11 is 0. The van der Waals surface area contributed by atoms with Gasteiger partial charge in [-0.05, 0) is 12.1 Å². The van der Waals surface area contributed by atoms with Crippen molar-refractivity contribution < 1.29 is 8.42 Å². The number of aromatic nitrogens is 3. The van der Waals surface area contributed by atoms with E-state index in [9.17, 15) is 8.42 Å². The van der Waals surface area contributed by atoms with Crippen molar-refractivity contribution in [2.75, 3.05) is 0 Å². The van der Waals surface area contributed by atoms with Gasteiger partial charge in [0.2, 0.25) is 0 Å². The molecule has 0 atom stereocenters. The molecule has 0 unspecified atom stereocenters. The smallest absolute Gasteiger partial charge is 0.251 e. The molecule has 0 radical (unpaired) electrons. The van der Waals surface area contributed by atoms with Gasteiger partial charge in [0, 0.05) is 12.4 Å². The largest absolute Gasteiger partial charge is 0.255 e. The van der Waals surface area contributed by atoms with Gasteiger partial charge >= 0.3 is 0 Å². The molecule has 72 valence electrons. The second-order valence-electron chi connectivity index (χ2n) is 2.59. The average Bonchev–Trinajstić information content (AvgIpc) is 2.16.